The number of hydrogen-bond donors (Lipinski definition) is 3. The van der Waals surface area contributed by atoms with Gasteiger partial charge < -0.3 is 19.7 Å². The minimum atomic E-state index is -1.25. The Kier molecular flexibility index (Phi) is 0.998. The van der Waals surface area contributed by atoms with E-state index in [1.807, 2.05) is 0 Å². The first-order valence-corrected chi connectivity index (χ1v) is 2.95. The largest absolute Gasteiger partial charge is 0.506 e. The molecule has 0 bridgehead atoms. The highest BCUT2D eigenvalue weighted by atomic mass is 16.4. The average Bonchev–Trinajstić information content (AvgIpc) is 2.53. The molecule has 0 amide bonds. The zero-order valence-electron chi connectivity index (χ0n) is 5.35. The predicted octanol–water partition coefficient (Wildman–Crippen LogP) is 0.506. The topological polar surface area (TPSA) is 86.7 Å². The number of hydrogen-bond acceptors (Lipinski definition) is 5. The van der Waals surface area contributed by atoms with Crippen LogP contribution in [0.3, 0.4) is 0 Å². The van der Waals surface area contributed by atoms with Gasteiger partial charge in [0.1, 0.15) is 5.69 Å². The normalized spacial score (nSPS) is 22.5. The molecule has 58 valence electrons. The molecule has 1 unspecified atom stereocenters. The summed E-state index contributed by atoms with van der Waals surface area (Å²) in [5, 5.41) is 27.1. The molecule has 0 aromatic carbocycles. The standard InChI is InChI=1S/C6H5NO4/c8-3-2-6(11-1-7-2)5(10)4(3)9/h1,3,8-10H. The third-order valence-corrected chi connectivity index (χ3v) is 1.57. The zero-order chi connectivity index (χ0) is 8.01. The van der Waals surface area contributed by atoms with E-state index < -0.39 is 17.6 Å². The minimum Gasteiger partial charge on any atom is -0.506 e. The fourth-order valence-electron chi connectivity index (χ4n) is 1.00. The van der Waals surface area contributed by atoms with Crippen molar-refractivity contribution >= 4 is 5.76 Å². The minimum absolute atomic E-state index is 0.0370. The van der Waals surface area contributed by atoms with Gasteiger partial charge in [-0.25, -0.2) is 4.98 Å². The van der Waals surface area contributed by atoms with Crippen molar-refractivity contribution in [2.45, 2.75) is 6.10 Å². The third-order valence-electron chi connectivity index (χ3n) is 1.57. The van der Waals surface area contributed by atoms with Crippen molar-refractivity contribution in [3.05, 3.63) is 23.6 Å². The van der Waals surface area contributed by atoms with Crippen molar-refractivity contribution in [1.82, 2.24) is 4.98 Å². The van der Waals surface area contributed by atoms with E-state index in [9.17, 15) is 0 Å². The van der Waals surface area contributed by atoms with Gasteiger partial charge >= 0.3 is 0 Å². The molecular weight excluding hydrogens is 150 g/mol. The molecule has 5 heteroatoms. The van der Waals surface area contributed by atoms with Crippen molar-refractivity contribution in [3.8, 4) is 0 Å². The quantitative estimate of drug-likeness (QED) is 0.508. The summed E-state index contributed by atoms with van der Waals surface area (Å²) in [6, 6.07) is 0. The van der Waals surface area contributed by atoms with Crippen molar-refractivity contribution in [2.75, 3.05) is 0 Å². The van der Waals surface area contributed by atoms with Crippen molar-refractivity contribution in [3.63, 3.8) is 0 Å². The fourth-order valence-corrected chi connectivity index (χ4v) is 1.00. The van der Waals surface area contributed by atoms with E-state index in [-0.39, 0.29) is 11.5 Å². The SMILES string of the molecule is OC1=C(O)C(O)c2ncoc21. The zero-order valence-corrected chi connectivity index (χ0v) is 5.35. The van der Waals surface area contributed by atoms with Crippen molar-refractivity contribution in [2.24, 2.45) is 0 Å². The van der Waals surface area contributed by atoms with Gasteiger partial charge in [0.25, 0.3) is 0 Å². The molecule has 1 aliphatic carbocycles. The average molecular weight is 155 g/mol. The summed E-state index contributed by atoms with van der Waals surface area (Å²) < 4.78 is 4.69. The van der Waals surface area contributed by atoms with Crippen LogP contribution in [-0.2, 0) is 0 Å². The maximum absolute atomic E-state index is 9.12. The van der Waals surface area contributed by atoms with Gasteiger partial charge in [0.15, 0.2) is 24.0 Å². The van der Waals surface area contributed by atoms with E-state index in [4.69, 9.17) is 19.7 Å². The van der Waals surface area contributed by atoms with Crippen LogP contribution in [0.5, 0.6) is 0 Å². The summed E-state index contributed by atoms with van der Waals surface area (Å²) >= 11 is 0. The molecule has 2 rings (SSSR count). The summed E-state index contributed by atoms with van der Waals surface area (Å²) in [6.07, 6.45) is -0.153. The third kappa shape index (κ3) is 0.600. The van der Waals surface area contributed by atoms with Gasteiger partial charge in [0.2, 0.25) is 5.76 Å². The second-order valence-corrected chi connectivity index (χ2v) is 2.20. The van der Waals surface area contributed by atoms with Gasteiger partial charge in [-0.2, -0.15) is 0 Å². The Hall–Kier alpha value is -1.49. The Morgan fingerprint density at radius 2 is 2.18 bits per heavy atom. The molecule has 1 aliphatic rings. The van der Waals surface area contributed by atoms with Crippen LogP contribution in [0.25, 0.3) is 5.76 Å². The highest BCUT2D eigenvalue weighted by Crippen LogP contribution is 2.36. The monoisotopic (exact) mass is 155 g/mol. The highest BCUT2D eigenvalue weighted by Gasteiger charge is 2.34. The Morgan fingerprint density at radius 1 is 1.45 bits per heavy atom. The summed E-state index contributed by atoms with van der Waals surface area (Å²) in [6.45, 7) is 0. The Morgan fingerprint density at radius 3 is 2.82 bits per heavy atom. The lowest BCUT2D eigenvalue weighted by Gasteiger charge is -1.97. The highest BCUT2D eigenvalue weighted by molar-refractivity contribution is 5.64. The Bertz CT molecular complexity index is 327. The summed E-state index contributed by atoms with van der Waals surface area (Å²) in [5.41, 5.74) is 0.153. The molecule has 0 saturated heterocycles. The first-order valence-electron chi connectivity index (χ1n) is 2.95. The number of oxazole rings is 1. The Balaban J connectivity index is 2.64. The van der Waals surface area contributed by atoms with Crippen LogP contribution in [0.1, 0.15) is 17.6 Å². The van der Waals surface area contributed by atoms with Gasteiger partial charge in [0.05, 0.1) is 0 Å². The molecule has 0 radical (unpaired) electrons. The maximum Gasteiger partial charge on any atom is 0.202 e. The molecule has 0 aliphatic heterocycles. The smallest absolute Gasteiger partial charge is 0.202 e. The fraction of sp³-hybridized carbons (Fsp3) is 0.167. The summed E-state index contributed by atoms with van der Waals surface area (Å²) in [4.78, 5) is 3.60. The van der Waals surface area contributed by atoms with Crippen LogP contribution < -0.4 is 0 Å². The molecule has 0 spiro atoms. The van der Waals surface area contributed by atoms with Crippen LogP contribution in [0, 0.1) is 0 Å². The lowest BCUT2D eigenvalue weighted by molar-refractivity contribution is 0.154. The Labute approximate surface area is 61.2 Å². The number of rotatable bonds is 0. The first kappa shape index (κ1) is 6.23. The van der Waals surface area contributed by atoms with Gasteiger partial charge in [-0.1, -0.05) is 0 Å². The van der Waals surface area contributed by atoms with Crippen LogP contribution in [-0.4, -0.2) is 20.3 Å². The molecule has 3 N–H and O–H groups in total. The molecule has 0 saturated carbocycles. The lowest BCUT2D eigenvalue weighted by Crippen LogP contribution is -1.96. The summed E-state index contributed by atoms with van der Waals surface area (Å²) in [7, 11) is 0. The van der Waals surface area contributed by atoms with Crippen LogP contribution in [0.15, 0.2) is 16.6 Å². The molecule has 1 atom stereocenters. The van der Waals surface area contributed by atoms with E-state index >= 15 is 0 Å². The van der Waals surface area contributed by atoms with E-state index in [1.165, 1.54) is 0 Å². The van der Waals surface area contributed by atoms with Crippen molar-refractivity contribution in [1.29, 1.82) is 0 Å². The van der Waals surface area contributed by atoms with E-state index in [2.05, 4.69) is 4.98 Å². The van der Waals surface area contributed by atoms with Crippen LogP contribution in [0.2, 0.25) is 0 Å². The molecule has 5 nitrogen and oxygen atoms in total. The second kappa shape index (κ2) is 1.76. The van der Waals surface area contributed by atoms with Gasteiger partial charge in [0, 0.05) is 0 Å². The first-order chi connectivity index (χ1) is 5.22. The molecule has 1 aromatic rings. The van der Waals surface area contributed by atoms with Gasteiger partial charge in [-0.05, 0) is 0 Å². The lowest BCUT2D eigenvalue weighted by atomic mass is 10.3. The van der Waals surface area contributed by atoms with Crippen LogP contribution >= 0.6 is 0 Å². The van der Waals surface area contributed by atoms with E-state index in [0.29, 0.717) is 0 Å². The van der Waals surface area contributed by atoms with E-state index in [1.54, 1.807) is 0 Å². The molecule has 1 aromatic heterocycles. The molecular formula is C6H5NO4. The molecule has 0 fully saturated rings. The van der Waals surface area contributed by atoms with Gasteiger partial charge in [-0.15, -0.1) is 0 Å². The predicted molar refractivity (Wildman–Crippen MR) is 33.6 cm³/mol. The second-order valence-electron chi connectivity index (χ2n) is 2.20. The van der Waals surface area contributed by atoms with Crippen molar-refractivity contribution < 1.29 is 19.7 Å². The maximum atomic E-state index is 9.12. The van der Waals surface area contributed by atoms with Gasteiger partial charge in [-0.3, -0.25) is 0 Å². The number of fused-ring (bicyclic) bond motifs is 1. The summed E-state index contributed by atoms with van der Waals surface area (Å²) in [5.74, 6) is -0.910. The number of aliphatic hydroxyl groups excluding tert-OH is 3. The number of nitrogens with zero attached hydrogens (tertiary/aromatic N) is 1. The molecule has 11 heavy (non-hydrogen) atoms. The van der Waals surface area contributed by atoms with E-state index in [0.717, 1.165) is 6.39 Å². The number of aromatic nitrogens is 1. The number of aliphatic hydroxyl groups is 3. The van der Waals surface area contributed by atoms with Crippen LogP contribution in [0.4, 0.5) is 0 Å². The molecule has 1 heterocycles.